The van der Waals surface area contributed by atoms with Gasteiger partial charge >= 0.3 is 12.1 Å². The summed E-state index contributed by atoms with van der Waals surface area (Å²) in [5.41, 5.74) is 2.37. The quantitative estimate of drug-likeness (QED) is 0.311. The van der Waals surface area contributed by atoms with Crippen molar-refractivity contribution in [2.45, 2.75) is 65.6 Å². The molecule has 232 valence electrons. The van der Waals surface area contributed by atoms with Crippen molar-refractivity contribution < 1.29 is 37.3 Å². The van der Waals surface area contributed by atoms with Gasteiger partial charge in [0.1, 0.15) is 11.5 Å². The van der Waals surface area contributed by atoms with Gasteiger partial charge in [0.25, 0.3) is 5.91 Å². The third-order valence-electron chi connectivity index (χ3n) is 7.68. The van der Waals surface area contributed by atoms with Crippen LogP contribution in [0.15, 0.2) is 48.5 Å². The van der Waals surface area contributed by atoms with Crippen LogP contribution in [0.4, 0.5) is 13.2 Å². The van der Waals surface area contributed by atoms with Crippen molar-refractivity contribution >= 4 is 11.9 Å². The SMILES string of the molecule is CCCCOc1ccc(C(=O)N2CCC3(CCN(Cc4ccccc4OCC(C)C)C3)CC2)cc1.O=C(O)C(F)(F)F. The summed E-state index contributed by atoms with van der Waals surface area (Å²) in [4.78, 5) is 26.6. The zero-order valence-corrected chi connectivity index (χ0v) is 24.8. The first-order valence-electron chi connectivity index (χ1n) is 14.7. The number of para-hydroxylation sites is 1. The lowest BCUT2D eigenvalue weighted by Crippen LogP contribution is -2.44. The number of carboxylic acid groups (broad SMARTS) is 1. The van der Waals surface area contributed by atoms with Crippen molar-refractivity contribution in [1.82, 2.24) is 9.80 Å². The number of carbonyl (C=O) groups excluding carboxylic acids is 1. The number of nitrogens with zero attached hydrogens (tertiary/aromatic N) is 2. The van der Waals surface area contributed by atoms with Crippen molar-refractivity contribution in [3.63, 3.8) is 0 Å². The Morgan fingerprint density at radius 2 is 1.60 bits per heavy atom. The molecule has 2 aliphatic rings. The van der Waals surface area contributed by atoms with Crippen LogP contribution in [0.3, 0.4) is 0 Å². The molecule has 0 bridgehead atoms. The number of carbonyl (C=O) groups is 2. The number of alkyl halides is 3. The van der Waals surface area contributed by atoms with Crippen LogP contribution in [0.25, 0.3) is 0 Å². The molecule has 1 amide bonds. The molecule has 1 spiro atoms. The van der Waals surface area contributed by atoms with E-state index in [9.17, 15) is 18.0 Å². The van der Waals surface area contributed by atoms with Gasteiger partial charge in [-0.1, -0.05) is 45.4 Å². The number of halogens is 3. The van der Waals surface area contributed by atoms with Gasteiger partial charge in [0.15, 0.2) is 0 Å². The third kappa shape index (κ3) is 9.93. The third-order valence-corrected chi connectivity index (χ3v) is 7.68. The predicted octanol–water partition coefficient (Wildman–Crippen LogP) is 6.66. The molecule has 0 unspecified atom stereocenters. The van der Waals surface area contributed by atoms with Crippen LogP contribution in [-0.2, 0) is 11.3 Å². The normalized spacial score (nSPS) is 16.7. The number of hydrogen-bond donors (Lipinski definition) is 1. The van der Waals surface area contributed by atoms with E-state index in [1.807, 2.05) is 29.2 Å². The van der Waals surface area contributed by atoms with Crippen molar-refractivity contribution in [2.24, 2.45) is 11.3 Å². The molecule has 7 nitrogen and oxygen atoms in total. The molecule has 2 aromatic rings. The van der Waals surface area contributed by atoms with Gasteiger partial charge in [-0.2, -0.15) is 13.2 Å². The van der Waals surface area contributed by atoms with Gasteiger partial charge in [-0.3, -0.25) is 9.69 Å². The zero-order chi connectivity index (χ0) is 30.8. The number of rotatable bonds is 10. The fourth-order valence-electron chi connectivity index (χ4n) is 5.24. The van der Waals surface area contributed by atoms with Gasteiger partial charge in [0.05, 0.1) is 13.2 Å². The topological polar surface area (TPSA) is 79.3 Å². The van der Waals surface area contributed by atoms with E-state index in [2.05, 4.69) is 49.9 Å². The molecular weight excluding hydrogens is 549 g/mol. The smallest absolute Gasteiger partial charge is 0.490 e. The van der Waals surface area contributed by atoms with Crippen LogP contribution >= 0.6 is 0 Å². The first-order chi connectivity index (χ1) is 19.9. The van der Waals surface area contributed by atoms with Crippen molar-refractivity contribution in [3.8, 4) is 11.5 Å². The molecule has 0 aromatic heterocycles. The number of piperidine rings is 1. The highest BCUT2D eigenvalue weighted by Gasteiger charge is 2.41. The lowest BCUT2D eigenvalue weighted by atomic mass is 9.77. The predicted molar refractivity (Wildman–Crippen MR) is 155 cm³/mol. The summed E-state index contributed by atoms with van der Waals surface area (Å²) in [7, 11) is 0. The van der Waals surface area contributed by atoms with Crippen LogP contribution in [-0.4, -0.2) is 72.4 Å². The summed E-state index contributed by atoms with van der Waals surface area (Å²) >= 11 is 0. The molecule has 42 heavy (non-hydrogen) atoms. The molecular formula is C32H43F3N2O5. The fraction of sp³-hybridized carbons (Fsp3) is 0.562. The minimum Gasteiger partial charge on any atom is -0.494 e. The van der Waals surface area contributed by atoms with Gasteiger partial charge < -0.3 is 19.5 Å². The van der Waals surface area contributed by atoms with Gasteiger partial charge in [-0.15, -0.1) is 0 Å². The number of likely N-dealkylation sites (tertiary alicyclic amines) is 2. The number of amides is 1. The van der Waals surface area contributed by atoms with E-state index in [4.69, 9.17) is 19.4 Å². The van der Waals surface area contributed by atoms with Crippen molar-refractivity contribution in [3.05, 3.63) is 59.7 Å². The van der Waals surface area contributed by atoms with Crippen LogP contribution in [0.5, 0.6) is 11.5 Å². The van der Waals surface area contributed by atoms with E-state index in [1.54, 1.807) is 0 Å². The van der Waals surface area contributed by atoms with E-state index in [0.717, 1.165) is 88.7 Å². The Morgan fingerprint density at radius 3 is 2.19 bits per heavy atom. The Hall–Kier alpha value is -3.27. The second kappa shape index (κ2) is 15.3. The minimum atomic E-state index is -5.08. The Bertz CT molecular complexity index is 1150. The molecule has 4 rings (SSSR count). The van der Waals surface area contributed by atoms with E-state index in [-0.39, 0.29) is 5.91 Å². The summed E-state index contributed by atoms with van der Waals surface area (Å²) in [5.74, 6) is -0.235. The highest BCUT2D eigenvalue weighted by molar-refractivity contribution is 5.94. The first kappa shape index (κ1) is 33.2. The Labute approximate surface area is 246 Å². The zero-order valence-electron chi connectivity index (χ0n) is 24.8. The highest BCUT2D eigenvalue weighted by Crippen LogP contribution is 2.41. The highest BCUT2D eigenvalue weighted by atomic mass is 19.4. The lowest BCUT2D eigenvalue weighted by molar-refractivity contribution is -0.192. The number of benzene rings is 2. The molecule has 2 heterocycles. The average Bonchev–Trinajstić information content (AvgIpc) is 3.34. The van der Waals surface area contributed by atoms with Gasteiger partial charge in [-0.05, 0) is 73.9 Å². The maximum atomic E-state index is 13.1. The summed E-state index contributed by atoms with van der Waals surface area (Å²) in [6.07, 6.45) is 0.461. The second-order valence-electron chi connectivity index (χ2n) is 11.6. The molecule has 0 radical (unpaired) electrons. The number of carboxylic acids is 1. The van der Waals surface area contributed by atoms with Crippen LogP contribution < -0.4 is 9.47 Å². The number of hydrogen-bond acceptors (Lipinski definition) is 5. The molecule has 2 saturated heterocycles. The van der Waals surface area contributed by atoms with E-state index in [0.29, 0.717) is 11.3 Å². The van der Waals surface area contributed by atoms with Gasteiger partial charge in [0.2, 0.25) is 0 Å². The summed E-state index contributed by atoms with van der Waals surface area (Å²) in [6.45, 7) is 12.8. The number of unbranched alkanes of at least 4 members (excludes halogenated alkanes) is 1. The molecule has 0 aliphatic carbocycles. The standard InChI is InChI=1S/C30H42N2O3.C2HF3O2/c1-4-5-20-34-27-12-10-25(11-13-27)29(33)32-18-15-30(16-19-32)14-17-31(23-30)21-26-8-6-7-9-28(26)35-22-24(2)3;3-2(4,5)1(6)7/h6-13,24H,4-5,14-23H2,1-3H3;(H,6,7). The van der Waals surface area contributed by atoms with Crippen LogP contribution in [0.1, 0.15) is 68.8 Å². The monoisotopic (exact) mass is 592 g/mol. The lowest BCUT2D eigenvalue weighted by Gasteiger charge is -2.39. The molecule has 10 heteroatoms. The average molecular weight is 593 g/mol. The molecule has 2 aliphatic heterocycles. The Balaban J connectivity index is 0.000000616. The number of ether oxygens (including phenoxy) is 2. The van der Waals surface area contributed by atoms with E-state index < -0.39 is 12.1 Å². The maximum Gasteiger partial charge on any atom is 0.490 e. The Morgan fingerprint density at radius 1 is 0.976 bits per heavy atom. The first-order valence-corrected chi connectivity index (χ1v) is 14.7. The molecule has 2 fully saturated rings. The van der Waals surface area contributed by atoms with Crippen molar-refractivity contribution in [2.75, 3.05) is 39.4 Å². The molecule has 0 atom stereocenters. The summed E-state index contributed by atoms with van der Waals surface area (Å²) in [5, 5.41) is 7.12. The fourth-order valence-corrected chi connectivity index (χ4v) is 5.24. The van der Waals surface area contributed by atoms with Gasteiger partial charge in [0, 0.05) is 37.3 Å². The summed E-state index contributed by atoms with van der Waals surface area (Å²) in [6, 6.07) is 16.1. The maximum absolute atomic E-state index is 13.1. The second-order valence-corrected chi connectivity index (χ2v) is 11.6. The molecule has 2 aromatic carbocycles. The van der Waals surface area contributed by atoms with Crippen molar-refractivity contribution in [1.29, 1.82) is 0 Å². The molecule has 0 saturated carbocycles. The largest absolute Gasteiger partial charge is 0.494 e. The molecule has 1 N–H and O–H groups in total. The van der Waals surface area contributed by atoms with E-state index >= 15 is 0 Å². The van der Waals surface area contributed by atoms with Crippen LogP contribution in [0, 0.1) is 11.3 Å². The van der Waals surface area contributed by atoms with Gasteiger partial charge in [-0.25, -0.2) is 4.79 Å². The minimum absolute atomic E-state index is 0.144. The van der Waals surface area contributed by atoms with Crippen LogP contribution in [0.2, 0.25) is 0 Å². The number of aliphatic carboxylic acids is 1. The Kier molecular flexibility index (Phi) is 12.1. The van der Waals surface area contributed by atoms with E-state index in [1.165, 1.54) is 12.0 Å². The summed E-state index contributed by atoms with van der Waals surface area (Å²) < 4.78 is 43.6.